The maximum Gasteiger partial charge on any atom is 0.170 e. The van der Waals surface area contributed by atoms with Gasteiger partial charge >= 0.3 is 0 Å². The van der Waals surface area contributed by atoms with Gasteiger partial charge in [-0.25, -0.2) is 18.3 Å². The molecular formula is C17H14F2N4O. The van der Waals surface area contributed by atoms with Crippen LogP contribution < -0.4 is 4.90 Å². The Kier molecular flexibility index (Phi) is 3.48. The highest BCUT2D eigenvalue weighted by molar-refractivity contribution is 5.73. The summed E-state index contributed by atoms with van der Waals surface area (Å²) < 4.78 is 29.2. The number of anilines is 1. The van der Waals surface area contributed by atoms with E-state index in [1.54, 1.807) is 12.1 Å². The van der Waals surface area contributed by atoms with Gasteiger partial charge in [-0.1, -0.05) is 0 Å². The molecule has 0 radical (unpaired) electrons. The molecule has 1 aromatic carbocycles. The molecule has 24 heavy (non-hydrogen) atoms. The fraction of sp³-hybridized carbons (Fsp3) is 0.235. The molecule has 1 aliphatic heterocycles. The molecular weight excluding hydrogens is 314 g/mol. The maximum atomic E-state index is 14.2. The molecule has 3 aromatic rings. The van der Waals surface area contributed by atoms with Crippen molar-refractivity contribution in [3.8, 4) is 0 Å². The molecule has 0 saturated carbocycles. The number of nitrogens with zero attached hydrogens (tertiary/aromatic N) is 4. The number of halogens is 2. The number of aromatic nitrogens is 3. The van der Waals surface area contributed by atoms with Crippen LogP contribution in [-0.4, -0.2) is 27.4 Å². The second-order valence-corrected chi connectivity index (χ2v) is 5.78. The van der Waals surface area contributed by atoms with Gasteiger partial charge in [0.05, 0.1) is 12.2 Å². The highest BCUT2D eigenvalue weighted by atomic mass is 19.1. The Labute approximate surface area is 136 Å². The molecule has 0 N–H and O–H groups in total. The Morgan fingerprint density at radius 2 is 2.08 bits per heavy atom. The largest absolute Gasteiger partial charge is 0.348 e. The Morgan fingerprint density at radius 3 is 2.92 bits per heavy atom. The number of carbonyl (C=O) groups excluding carboxylic acids is 1. The monoisotopic (exact) mass is 328 g/mol. The molecule has 1 aliphatic rings. The van der Waals surface area contributed by atoms with Crippen molar-refractivity contribution in [2.75, 3.05) is 11.4 Å². The van der Waals surface area contributed by atoms with E-state index in [1.807, 2.05) is 4.90 Å². The zero-order valence-electron chi connectivity index (χ0n) is 12.7. The predicted octanol–water partition coefficient (Wildman–Crippen LogP) is 3.16. The Morgan fingerprint density at radius 1 is 1.21 bits per heavy atom. The molecule has 7 heteroatoms. The zero-order chi connectivity index (χ0) is 16.7. The molecule has 0 aliphatic carbocycles. The van der Waals surface area contributed by atoms with E-state index in [4.69, 9.17) is 0 Å². The lowest BCUT2D eigenvalue weighted by Gasteiger charge is -2.26. The van der Waals surface area contributed by atoms with Crippen molar-refractivity contribution in [1.82, 2.24) is 14.6 Å². The number of aldehydes is 1. The number of carbonyl (C=O) groups is 1. The highest BCUT2D eigenvalue weighted by Crippen LogP contribution is 2.36. The van der Waals surface area contributed by atoms with Crippen LogP contribution in [0.4, 0.5) is 14.6 Å². The van der Waals surface area contributed by atoms with Crippen LogP contribution in [-0.2, 0) is 0 Å². The summed E-state index contributed by atoms with van der Waals surface area (Å²) in [6.45, 7) is 0.685. The molecule has 0 unspecified atom stereocenters. The quantitative estimate of drug-likeness (QED) is 0.693. The van der Waals surface area contributed by atoms with Gasteiger partial charge in [-0.05, 0) is 43.2 Å². The molecule has 3 heterocycles. The second kappa shape index (κ2) is 5.67. The van der Waals surface area contributed by atoms with Gasteiger partial charge in [0.2, 0.25) is 0 Å². The van der Waals surface area contributed by atoms with Crippen molar-refractivity contribution < 1.29 is 13.6 Å². The first-order valence-electron chi connectivity index (χ1n) is 7.69. The lowest BCUT2D eigenvalue weighted by molar-refractivity contribution is 0.111. The molecule has 0 spiro atoms. The normalized spacial score (nSPS) is 17.6. The molecule has 0 amide bonds. The predicted molar refractivity (Wildman–Crippen MR) is 84.1 cm³/mol. The Balaban J connectivity index is 1.77. The topological polar surface area (TPSA) is 50.5 Å². The SMILES string of the molecule is O=Cc1cnc2ccc(N3CCC[C@@H]3c3cc(F)ccc3F)nn12. The van der Waals surface area contributed by atoms with Gasteiger partial charge in [-0.3, -0.25) is 4.79 Å². The van der Waals surface area contributed by atoms with Crippen molar-refractivity contribution in [2.45, 2.75) is 18.9 Å². The third-order valence-electron chi connectivity index (χ3n) is 4.36. The standard InChI is InChI=1S/C17H14F2N4O/c18-11-3-4-14(19)13(8-11)15-2-1-7-22(15)17-6-5-16-20-9-12(10-24)23(16)21-17/h3-6,8-10,15H,1-2,7H2/t15-/m1/s1. The summed E-state index contributed by atoms with van der Waals surface area (Å²) in [4.78, 5) is 17.1. The summed E-state index contributed by atoms with van der Waals surface area (Å²) >= 11 is 0. The zero-order valence-corrected chi connectivity index (χ0v) is 12.7. The number of benzene rings is 1. The first-order valence-corrected chi connectivity index (χ1v) is 7.69. The molecule has 2 aromatic heterocycles. The van der Waals surface area contributed by atoms with E-state index in [-0.39, 0.29) is 6.04 Å². The number of rotatable bonds is 3. The minimum Gasteiger partial charge on any atom is -0.348 e. The number of imidazole rings is 1. The third kappa shape index (κ3) is 2.33. The average molecular weight is 328 g/mol. The molecule has 122 valence electrons. The summed E-state index contributed by atoms with van der Waals surface area (Å²) in [6, 6.07) is 6.76. The van der Waals surface area contributed by atoms with Crippen LogP contribution in [0.5, 0.6) is 0 Å². The summed E-state index contributed by atoms with van der Waals surface area (Å²) in [5.41, 5.74) is 1.24. The van der Waals surface area contributed by atoms with Gasteiger partial charge in [0.1, 0.15) is 23.1 Å². The smallest absolute Gasteiger partial charge is 0.170 e. The Bertz CT molecular complexity index is 924. The van der Waals surface area contributed by atoms with E-state index >= 15 is 0 Å². The number of hydrogen-bond donors (Lipinski definition) is 0. The first kappa shape index (κ1) is 14.7. The molecule has 0 bridgehead atoms. The average Bonchev–Trinajstić information content (AvgIpc) is 3.22. The van der Waals surface area contributed by atoms with Crippen LogP contribution in [0.1, 0.15) is 34.9 Å². The van der Waals surface area contributed by atoms with Crippen LogP contribution in [0.25, 0.3) is 5.65 Å². The fourth-order valence-electron chi connectivity index (χ4n) is 3.25. The summed E-state index contributed by atoms with van der Waals surface area (Å²) in [5.74, 6) is -0.278. The minimum atomic E-state index is -0.459. The maximum absolute atomic E-state index is 14.2. The fourth-order valence-corrected chi connectivity index (χ4v) is 3.25. The van der Waals surface area contributed by atoms with Crippen molar-refractivity contribution in [3.63, 3.8) is 0 Å². The van der Waals surface area contributed by atoms with Crippen molar-refractivity contribution in [1.29, 1.82) is 0 Å². The number of fused-ring (bicyclic) bond motifs is 1. The van der Waals surface area contributed by atoms with Crippen LogP contribution in [0.3, 0.4) is 0 Å². The van der Waals surface area contributed by atoms with Crippen LogP contribution in [0, 0.1) is 11.6 Å². The van der Waals surface area contributed by atoms with Crippen LogP contribution >= 0.6 is 0 Å². The highest BCUT2D eigenvalue weighted by Gasteiger charge is 2.30. The van der Waals surface area contributed by atoms with Crippen molar-refractivity contribution in [3.05, 3.63) is 59.4 Å². The first-order chi connectivity index (χ1) is 11.7. The molecule has 4 rings (SSSR count). The second-order valence-electron chi connectivity index (χ2n) is 5.78. The molecule has 1 saturated heterocycles. The van der Waals surface area contributed by atoms with Crippen molar-refractivity contribution >= 4 is 17.8 Å². The summed E-state index contributed by atoms with van der Waals surface area (Å²) in [7, 11) is 0. The van der Waals surface area contributed by atoms with Crippen LogP contribution in [0.15, 0.2) is 36.5 Å². The molecule has 1 fully saturated rings. The van der Waals surface area contributed by atoms with E-state index in [1.165, 1.54) is 16.8 Å². The summed E-state index contributed by atoms with van der Waals surface area (Å²) in [6.07, 6.45) is 3.70. The molecule has 5 nitrogen and oxygen atoms in total. The van der Waals surface area contributed by atoms with Crippen molar-refractivity contribution in [2.24, 2.45) is 0 Å². The van der Waals surface area contributed by atoms with E-state index in [0.717, 1.165) is 18.6 Å². The van der Waals surface area contributed by atoms with E-state index in [9.17, 15) is 13.6 Å². The summed E-state index contributed by atoms with van der Waals surface area (Å²) in [5, 5.41) is 4.45. The van der Waals surface area contributed by atoms with E-state index in [0.29, 0.717) is 42.0 Å². The van der Waals surface area contributed by atoms with Gasteiger partial charge in [0.25, 0.3) is 0 Å². The van der Waals surface area contributed by atoms with Gasteiger partial charge in [0, 0.05) is 12.1 Å². The van der Waals surface area contributed by atoms with E-state index in [2.05, 4.69) is 10.1 Å². The van der Waals surface area contributed by atoms with Crippen LogP contribution in [0.2, 0.25) is 0 Å². The van der Waals surface area contributed by atoms with Gasteiger partial charge in [-0.15, -0.1) is 5.10 Å². The lowest BCUT2D eigenvalue weighted by Crippen LogP contribution is -2.25. The lowest BCUT2D eigenvalue weighted by atomic mass is 10.0. The van der Waals surface area contributed by atoms with Gasteiger partial charge < -0.3 is 4.90 Å². The third-order valence-corrected chi connectivity index (χ3v) is 4.36. The van der Waals surface area contributed by atoms with Gasteiger partial charge in [-0.2, -0.15) is 0 Å². The Hall–Kier alpha value is -2.83. The van der Waals surface area contributed by atoms with E-state index < -0.39 is 11.6 Å². The van der Waals surface area contributed by atoms with Gasteiger partial charge in [0.15, 0.2) is 11.9 Å². The minimum absolute atomic E-state index is 0.283. The number of hydrogen-bond acceptors (Lipinski definition) is 4. The molecule has 1 atom stereocenters.